The van der Waals surface area contributed by atoms with Crippen LogP contribution in [0.5, 0.6) is 0 Å². The maximum absolute atomic E-state index is 12.6. The van der Waals surface area contributed by atoms with E-state index in [1.807, 2.05) is 0 Å². The Morgan fingerprint density at radius 2 is 1.83 bits per heavy atom. The molecule has 0 unspecified atom stereocenters. The van der Waals surface area contributed by atoms with Crippen molar-refractivity contribution in [2.24, 2.45) is 0 Å². The maximum Gasteiger partial charge on any atom is 0.238 e. The van der Waals surface area contributed by atoms with Crippen molar-refractivity contribution in [3.05, 3.63) is 58.6 Å². The molecule has 0 radical (unpaired) electrons. The fraction of sp³-hybridized carbons (Fsp3) is 0.409. The summed E-state index contributed by atoms with van der Waals surface area (Å²) in [5.41, 5.74) is 2.78. The number of rotatable bonds is 8. The number of hydrogen-bond acceptors (Lipinski definition) is 4. The first-order chi connectivity index (χ1) is 13.6. The van der Waals surface area contributed by atoms with E-state index >= 15 is 0 Å². The molecule has 0 bridgehead atoms. The molecule has 2 aromatic rings. The molecular weight excluding hydrogens is 408 g/mol. The predicted molar refractivity (Wildman–Crippen MR) is 117 cm³/mol. The summed E-state index contributed by atoms with van der Waals surface area (Å²) in [4.78, 5) is 14.9. The molecule has 0 atom stereocenters. The summed E-state index contributed by atoms with van der Waals surface area (Å²) >= 11 is 6.15. The van der Waals surface area contributed by atoms with Crippen molar-refractivity contribution in [3.8, 4) is 0 Å². The van der Waals surface area contributed by atoms with E-state index < -0.39 is 9.84 Å². The van der Waals surface area contributed by atoms with Gasteiger partial charge in [0.05, 0.1) is 22.2 Å². The average Bonchev–Trinajstić information content (AvgIpc) is 3.47. The largest absolute Gasteiger partial charge is 0.324 e. The van der Waals surface area contributed by atoms with E-state index in [4.69, 9.17) is 11.6 Å². The van der Waals surface area contributed by atoms with Crippen LogP contribution in [0, 0.1) is 0 Å². The lowest BCUT2D eigenvalue weighted by atomic mass is 10.0. The smallest absolute Gasteiger partial charge is 0.238 e. The van der Waals surface area contributed by atoms with Crippen molar-refractivity contribution in [1.29, 1.82) is 0 Å². The van der Waals surface area contributed by atoms with Gasteiger partial charge in [-0.2, -0.15) is 0 Å². The molecule has 1 aliphatic carbocycles. The number of sulfone groups is 1. The van der Waals surface area contributed by atoms with Gasteiger partial charge >= 0.3 is 0 Å². The second-order valence-corrected chi connectivity index (χ2v) is 10.4. The Balaban J connectivity index is 1.68. The number of hydrogen-bond donors (Lipinski definition) is 1. The van der Waals surface area contributed by atoms with Crippen LogP contribution in [0.25, 0.3) is 0 Å². The van der Waals surface area contributed by atoms with Gasteiger partial charge in [-0.3, -0.25) is 9.69 Å². The summed E-state index contributed by atoms with van der Waals surface area (Å²) in [5.74, 6) is 0.282. The first kappa shape index (κ1) is 21.8. The molecule has 0 aliphatic heterocycles. The van der Waals surface area contributed by atoms with Crippen molar-refractivity contribution in [3.63, 3.8) is 0 Å². The molecule has 1 N–H and O–H groups in total. The van der Waals surface area contributed by atoms with Gasteiger partial charge in [0.2, 0.25) is 5.91 Å². The van der Waals surface area contributed by atoms with E-state index in [2.05, 4.69) is 48.3 Å². The molecule has 0 spiro atoms. The van der Waals surface area contributed by atoms with Gasteiger partial charge in [0, 0.05) is 18.8 Å². The first-order valence-electron chi connectivity index (χ1n) is 9.76. The third kappa shape index (κ3) is 6.04. The fourth-order valence-corrected chi connectivity index (χ4v) is 4.01. The van der Waals surface area contributed by atoms with Crippen molar-refractivity contribution < 1.29 is 13.2 Å². The molecule has 156 valence electrons. The van der Waals surface area contributed by atoms with Gasteiger partial charge in [-0.1, -0.05) is 49.7 Å². The lowest BCUT2D eigenvalue weighted by Gasteiger charge is -2.22. The molecule has 1 saturated carbocycles. The van der Waals surface area contributed by atoms with Gasteiger partial charge in [-0.15, -0.1) is 0 Å². The number of carbonyl (C=O) groups excluding carboxylic acids is 1. The van der Waals surface area contributed by atoms with Crippen LogP contribution in [0.15, 0.2) is 47.4 Å². The Morgan fingerprint density at radius 1 is 1.17 bits per heavy atom. The van der Waals surface area contributed by atoms with E-state index in [1.54, 1.807) is 0 Å². The van der Waals surface area contributed by atoms with Crippen LogP contribution in [-0.2, 0) is 21.2 Å². The third-order valence-electron chi connectivity index (χ3n) is 5.08. The minimum Gasteiger partial charge on any atom is -0.324 e. The van der Waals surface area contributed by atoms with Gasteiger partial charge in [0.1, 0.15) is 0 Å². The summed E-state index contributed by atoms with van der Waals surface area (Å²) in [6.07, 6.45) is 3.30. The van der Waals surface area contributed by atoms with Gasteiger partial charge < -0.3 is 5.32 Å². The normalized spacial score (nSPS) is 14.4. The Hall–Kier alpha value is -1.89. The van der Waals surface area contributed by atoms with E-state index in [-0.39, 0.29) is 17.3 Å². The number of nitrogens with zero attached hydrogens (tertiary/aromatic N) is 1. The van der Waals surface area contributed by atoms with Crippen molar-refractivity contribution >= 4 is 33.0 Å². The molecule has 7 heteroatoms. The molecule has 3 rings (SSSR count). The molecule has 1 aliphatic rings. The minimum atomic E-state index is -3.38. The Bertz CT molecular complexity index is 984. The predicted octanol–water partition coefficient (Wildman–Crippen LogP) is 4.47. The summed E-state index contributed by atoms with van der Waals surface area (Å²) in [7, 11) is -3.38. The molecular formula is C22H27ClN2O3S. The zero-order valence-corrected chi connectivity index (χ0v) is 18.6. The molecule has 29 heavy (non-hydrogen) atoms. The van der Waals surface area contributed by atoms with Crippen molar-refractivity contribution in [1.82, 2.24) is 4.90 Å². The number of amides is 1. The molecule has 1 amide bonds. The number of carbonyl (C=O) groups is 1. The summed E-state index contributed by atoms with van der Waals surface area (Å²) in [5, 5.41) is 3.08. The van der Waals surface area contributed by atoms with Crippen LogP contribution >= 0.6 is 11.6 Å². The average molecular weight is 435 g/mol. The highest BCUT2D eigenvalue weighted by Gasteiger charge is 2.30. The topological polar surface area (TPSA) is 66.5 Å². The minimum absolute atomic E-state index is 0.126. The zero-order chi connectivity index (χ0) is 21.2. The second-order valence-electron chi connectivity index (χ2n) is 7.99. The van der Waals surface area contributed by atoms with Crippen LogP contribution in [-0.4, -0.2) is 38.1 Å². The molecule has 5 nitrogen and oxygen atoms in total. The lowest BCUT2D eigenvalue weighted by Crippen LogP contribution is -2.34. The van der Waals surface area contributed by atoms with E-state index in [1.165, 1.54) is 29.3 Å². The molecule has 0 aromatic heterocycles. The highest BCUT2D eigenvalue weighted by atomic mass is 35.5. The summed E-state index contributed by atoms with van der Waals surface area (Å²) < 4.78 is 23.5. The molecule has 2 aromatic carbocycles. The fourth-order valence-electron chi connectivity index (χ4n) is 3.20. The van der Waals surface area contributed by atoms with Crippen molar-refractivity contribution in [2.75, 3.05) is 18.1 Å². The Morgan fingerprint density at radius 3 is 2.38 bits per heavy atom. The van der Waals surface area contributed by atoms with Crippen molar-refractivity contribution in [2.45, 2.75) is 50.1 Å². The SMILES string of the molecule is CC(C)c1ccc(CN(CC(=O)Nc2cc(S(C)(=O)=O)ccc2Cl)C2CC2)cc1. The third-order valence-corrected chi connectivity index (χ3v) is 6.52. The number of benzene rings is 2. The van der Waals surface area contributed by atoms with E-state index in [9.17, 15) is 13.2 Å². The zero-order valence-electron chi connectivity index (χ0n) is 17.0. The van der Waals surface area contributed by atoms with Gasteiger partial charge in [0.25, 0.3) is 0 Å². The van der Waals surface area contributed by atoms with E-state index in [0.717, 1.165) is 19.1 Å². The van der Waals surface area contributed by atoms with Gasteiger partial charge in [0.15, 0.2) is 9.84 Å². The number of halogens is 1. The van der Waals surface area contributed by atoms with E-state index in [0.29, 0.717) is 29.2 Å². The monoisotopic (exact) mass is 434 g/mol. The van der Waals surface area contributed by atoms with Gasteiger partial charge in [-0.05, 0) is 48.1 Å². The number of nitrogens with one attached hydrogen (secondary N) is 1. The maximum atomic E-state index is 12.6. The summed E-state index contributed by atoms with van der Waals surface area (Å²) in [6.45, 7) is 5.27. The van der Waals surface area contributed by atoms with Crippen LogP contribution in [0.1, 0.15) is 43.7 Å². The number of anilines is 1. The lowest BCUT2D eigenvalue weighted by molar-refractivity contribution is -0.117. The quantitative estimate of drug-likeness (QED) is 0.665. The highest BCUT2D eigenvalue weighted by molar-refractivity contribution is 7.90. The first-order valence-corrected chi connectivity index (χ1v) is 12.0. The summed E-state index contributed by atoms with van der Waals surface area (Å²) in [6, 6.07) is 13.3. The van der Waals surface area contributed by atoms with Gasteiger partial charge in [-0.25, -0.2) is 8.42 Å². The second kappa shape index (κ2) is 8.86. The molecule has 1 fully saturated rings. The Labute approximate surface area is 178 Å². The standard InChI is InChI=1S/C22H27ClN2O3S/c1-15(2)17-6-4-16(5-7-17)13-25(18-8-9-18)14-22(26)24-21-12-19(29(3,27)28)10-11-20(21)23/h4-7,10-12,15,18H,8-9,13-14H2,1-3H3,(H,24,26). The highest BCUT2D eigenvalue weighted by Crippen LogP contribution is 2.29. The van der Waals surface area contributed by atoms with Crippen LogP contribution in [0.2, 0.25) is 5.02 Å². The Kier molecular flexibility index (Phi) is 6.66. The molecule has 0 saturated heterocycles. The molecule has 0 heterocycles. The van der Waals surface area contributed by atoms with Crippen LogP contribution in [0.4, 0.5) is 5.69 Å². The van der Waals surface area contributed by atoms with Crippen LogP contribution in [0.3, 0.4) is 0 Å². The van der Waals surface area contributed by atoms with Crippen LogP contribution < -0.4 is 5.32 Å².